The van der Waals surface area contributed by atoms with E-state index in [1.165, 1.54) is 11.1 Å². The van der Waals surface area contributed by atoms with Gasteiger partial charge in [-0.15, -0.1) is 0 Å². The Hall–Kier alpha value is -2.66. The molecule has 0 spiro atoms. The van der Waals surface area contributed by atoms with Gasteiger partial charge in [-0.05, 0) is 37.5 Å². The quantitative estimate of drug-likeness (QED) is 0.811. The predicted octanol–water partition coefficient (Wildman–Crippen LogP) is 2.74. The second-order valence-electron chi connectivity index (χ2n) is 7.95. The standard InChI is InChI=1S/C23H29N3O2/c1-17-9-7-8-10-18(17)16-26-14-13-24-22(28)20(26)15-21(27)25-23(2,3)19-11-5-4-6-12-19/h4-12,20H,13-16H2,1-3H3,(H,24,28)(H,25,27)/t20-/m1/s1. The van der Waals surface area contributed by atoms with Crippen molar-refractivity contribution in [3.05, 3.63) is 71.3 Å². The lowest BCUT2D eigenvalue weighted by Gasteiger charge is -2.36. The van der Waals surface area contributed by atoms with Crippen molar-refractivity contribution >= 4 is 11.8 Å². The van der Waals surface area contributed by atoms with Gasteiger partial charge >= 0.3 is 0 Å². The van der Waals surface area contributed by atoms with Gasteiger partial charge in [0.05, 0.1) is 18.0 Å². The molecule has 0 unspecified atom stereocenters. The van der Waals surface area contributed by atoms with Gasteiger partial charge in [0.1, 0.15) is 0 Å². The molecule has 0 aliphatic carbocycles. The number of hydrogen-bond donors (Lipinski definition) is 2. The number of piperazine rings is 1. The minimum absolute atomic E-state index is 0.0764. The van der Waals surface area contributed by atoms with Crippen molar-refractivity contribution in [3.8, 4) is 0 Å². The maximum atomic E-state index is 12.8. The molecule has 5 nitrogen and oxygen atoms in total. The van der Waals surface area contributed by atoms with E-state index in [0.29, 0.717) is 13.1 Å². The third kappa shape index (κ3) is 4.78. The summed E-state index contributed by atoms with van der Waals surface area (Å²) in [5, 5.41) is 5.99. The summed E-state index contributed by atoms with van der Waals surface area (Å²) in [6.07, 6.45) is 0.147. The lowest BCUT2D eigenvalue weighted by molar-refractivity contribution is -0.134. The Labute approximate surface area is 167 Å². The number of nitrogens with zero attached hydrogens (tertiary/aromatic N) is 1. The highest BCUT2D eigenvalue weighted by Gasteiger charge is 2.33. The Kier molecular flexibility index (Phi) is 6.15. The summed E-state index contributed by atoms with van der Waals surface area (Å²) >= 11 is 0. The van der Waals surface area contributed by atoms with Crippen LogP contribution in [0.3, 0.4) is 0 Å². The first-order valence-corrected chi connectivity index (χ1v) is 9.79. The number of aryl methyl sites for hydroxylation is 1. The van der Waals surface area contributed by atoms with E-state index in [4.69, 9.17) is 0 Å². The van der Waals surface area contributed by atoms with Crippen molar-refractivity contribution in [2.24, 2.45) is 0 Å². The lowest BCUT2D eigenvalue weighted by Crippen LogP contribution is -2.56. The van der Waals surface area contributed by atoms with Crippen LogP contribution in [-0.2, 0) is 21.7 Å². The van der Waals surface area contributed by atoms with E-state index in [0.717, 1.165) is 12.1 Å². The molecule has 2 N–H and O–H groups in total. The van der Waals surface area contributed by atoms with Gasteiger partial charge in [-0.3, -0.25) is 14.5 Å². The molecular weight excluding hydrogens is 350 g/mol. The minimum atomic E-state index is -0.496. The Balaban J connectivity index is 1.69. The van der Waals surface area contributed by atoms with Crippen LogP contribution in [0.15, 0.2) is 54.6 Å². The molecule has 2 aromatic carbocycles. The van der Waals surface area contributed by atoms with Gasteiger partial charge < -0.3 is 10.6 Å². The van der Waals surface area contributed by atoms with Crippen molar-refractivity contribution < 1.29 is 9.59 Å². The third-order valence-electron chi connectivity index (χ3n) is 5.40. The summed E-state index contributed by atoms with van der Waals surface area (Å²) < 4.78 is 0. The number of nitrogens with one attached hydrogen (secondary N) is 2. The summed E-state index contributed by atoms with van der Waals surface area (Å²) in [5.74, 6) is -0.196. The molecule has 1 aliphatic heterocycles. The Morgan fingerprint density at radius 2 is 1.82 bits per heavy atom. The molecule has 148 valence electrons. The fraction of sp³-hybridized carbons (Fsp3) is 0.391. The molecule has 0 aromatic heterocycles. The van der Waals surface area contributed by atoms with Crippen molar-refractivity contribution in [2.45, 2.75) is 45.3 Å². The summed E-state index contributed by atoms with van der Waals surface area (Å²) in [6.45, 7) is 8.04. The van der Waals surface area contributed by atoms with Gasteiger partial charge in [-0.2, -0.15) is 0 Å². The zero-order valence-corrected chi connectivity index (χ0v) is 16.9. The van der Waals surface area contributed by atoms with Gasteiger partial charge in [0.25, 0.3) is 0 Å². The number of rotatable bonds is 6. The van der Waals surface area contributed by atoms with E-state index in [-0.39, 0.29) is 18.2 Å². The van der Waals surface area contributed by atoms with Crippen LogP contribution in [0.2, 0.25) is 0 Å². The largest absolute Gasteiger partial charge is 0.353 e. The summed E-state index contributed by atoms with van der Waals surface area (Å²) in [5.41, 5.74) is 2.92. The van der Waals surface area contributed by atoms with Crippen LogP contribution >= 0.6 is 0 Å². The molecule has 5 heteroatoms. The van der Waals surface area contributed by atoms with Gasteiger partial charge in [0.15, 0.2) is 0 Å². The van der Waals surface area contributed by atoms with Gasteiger partial charge in [0, 0.05) is 19.6 Å². The second-order valence-corrected chi connectivity index (χ2v) is 7.95. The van der Waals surface area contributed by atoms with Crippen LogP contribution in [0, 0.1) is 6.92 Å². The molecule has 2 amide bonds. The van der Waals surface area contributed by atoms with E-state index >= 15 is 0 Å². The summed E-state index contributed by atoms with van der Waals surface area (Å²) in [6, 6.07) is 17.6. The van der Waals surface area contributed by atoms with Crippen LogP contribution in [0.25, 0.3) is 0 Å². The Morgan fingerprint density at radius 3 is 2.54 bits per heavy atom. The van der Waals surface area contributed by atoms with Gasteiger partial charge in [-0.1, -0.05) is 54.6 Å². The van der Waals surface area contributed by atoms with E-state index in [1.807, 2.05) is 56.3 Å². The molecule has 0 saturated carbocycles. The smallest absolute Gasteiger partial charge is 0.237 e. The first kappa shape index (κ1) is 20.1. The topological polar surface area (TPSA) is 61.4 Å². The van der Waals surface area contributed by atoms with E-state index < -0.39 is 11.6 Å². The molecule has 0 bridgehead atoms. The summed E-state index contributed by atoms with van der Waals surface area (Å²) in [7, 11) is 0. The molecule has 2 aromatic rings. The van der Waals surface area contributed by atoms with Crippen LogP contribution < -0.4 is 10.6 Å². The molecular formula is C23H29N3O2. The van der Waals surface area contributed by atoms with E-state index in [2.05, 4.69) is 34.6 Å². The van der Waals surface area contributed by atoms with Crippen LogP contribution in [-0.4, -0.2) is 35.8 Å². The van der Waals surface area contributed by atoms with Crippen LogP contribution in [0.1, 0.15) is 37.0 Å². The first-order valence-electron chi connectivity index (χ1n) is 9.79. The zero-order chi connectivity index (χ0) is 20.1. The molecule has 1 heterocycles. The Morgan fingerprint density at radius 1 is 1.14 bits per heavy atom. The van der Waals surface area contributed by atoms with Crippen LogP contribution in [0.5, 0.6) is 0 Å². The monoisotopic (exact) mass is 379 g/mol. The molecule has 1 fully saturated rings. The SMILES string of the molecule is Cc1ccccc1CN1CCNC(=O)[C@H]1CC(=O)NC(C)(C)c1ccccc1. The molecule has 1 saturated heterocycles. The van der Waals surface area contributed by atoms with Crippen LogP contribution in [0.4, 0.5) is 0 Å². The molecule has 1 aliphatic rings. The lowest BCUT2D eigenvalue weighted by atomic mass is 9.93. The third-order valence-corrected chi connectivity index (χ3v) is 5.40. The minimum Gasteiger partial charge on any atom is -0.353 e. The maximum Gasteiger partial charge on any atom is 0.237 e. The fourth-order valence-electron chi connectivity index (χ4n) is 3.68. The van der Waals surface area contributed by atoms with Gasteiger partial charge in [-0.25, -0.2) is 0 Å². The fourth-order valence-corrected chi connectivity index (χ4v) is 3.68. The average molecular weight is 380 g/mol. The van der Waals surface area contributed by atoms with Gasteiger partial charge in [0.2, 0.25) is 11.8 Å². The molecule has 28 heavy (non-hydrogen) atoms. The van der Waals surface area contributed by atoms with Crippen molar-refractivity contribution in [2.75, 3.05) is 13.1 Å². The summed E-state index contributed by atoms with van der Waals surface area (Å²) in [4.78, 5) is 27.4. The maximum absolute atomic E-state index is 12.8. The highest BCUT2D eigenvalue weighted by molar-refractivity contribution is 5.89. The van der Waals surface area contributed by atoms with Crippen molar-refractivity contribution in [3.63, 3.8) is 0 Å². The number of hydrogen-bond acceptors (Lipinski definition) is 3. The molecule has 3 rings (SSSR count). The van der Waals surface area contributed by atoms with Crippen molar-refractivity contribution in [1.82, 2.24) is 15.5 Å². The predicted molar refractivity (Wildman–Crippen MR) is 111 cm³/mol. The first-order chi connectivity index (χ1) is 13.4. The zero-order valence-electron chi connectivity index (χ0n) is 16.9. The number of carbonyl (C=O) groups excluding carboxylic acids is 2. The second kappa shape index (κ2) is 8.57. The number of carbonyl (C=O) groups is 2. The average Bonchev–Trinajstić information content (AvgIpc) is 2.66. The van der Waals surface area contributed by atoms with Crippen molar-refractivity contribution in [1.29, 1.82) is 0 Å². The van der Waals surface area contributed by atoms with E-state index in [1.54, 1.807) is 0 Å². The van der Waals surface area contributed by atoms with E-state index in [9.17, 15) is 9.59 Å². The molecule has 0 radical (unpaired) electrons. The normalized spacial score (nSPS) is 17.8. The number of amides is 2. The highest BCUT2D eigenvalue weighted by Crippen LogP contribution is 2.21. The number of benzene rings is 2. The highest BCUT2D eigenvalue weighted by atomic mass is 16.2. The Bertz CT molecular complexity index is 833. The molecule has 1 atom stereocenters.